The van der Waals surface area contributed by atoms with Crippen molar-refractivity contribution < 1.29 is 14.7 Å². The normalized spacial score (nSPS) is 10.2. The summed E-state index contributed by atoms with van der Waals surface area (Å²) in [5, 5.41) is 11.8. The number of benzene rings is 2. The van der Waals surface area contributed by atoms with Crippen LogP contribution in [-0.4, -0.2) is 17.0 Å². The largest absolute Gasteiger partial charge is 0.478 e. The van der Waals surface area contributed by atoms with E-state index in [9.17, 15) is 9.59 Å². The minimum Gasteiger partial charge on any atom is -0.478 e. The van der Waals surface area contributed by atoms with Crippen LogP contribution >= 0.6 is 15.9 Å². The zero-order valence-corrected chi connectivity index (χ0v) is 12.8. The Morgan fingerprint density at radius 3 is 2.52 bits per heavy atom. The molecular formula is C15H13BrN2O3. The summed E-state index contributed by atoms with van der Waals surface area (Å²) >= 11 is 3.27. The van der Waals surface area contributed by atoms with Crippen LogP contribution < -0.4 is 11.1 Å². The lowest BCUT2D eigenvalue weighted by atomic mass is 10.1. The van der Waals surface area contributed by atoms with Gasteiger partial charge < -0.3 is 16.2 Å². The SMILES string of the molecule is Cc1c(NC(=O)c2ccc(Br)cc2N)cccc1C(=O)O. The van der Waals surface area contributed by atoms with E-state index in [4.69, 9.17) is 10.8 Å². The lowest BCUT2D eigenvalue weighted by Crippen LogP contribution is -2.15. The Balaban J connectivity index is 2.32. The average molecular weight is 349 g/mol. The van der Waals surface area contributed by atoms with Crippen LogP contribution in [0.5, 0.6) is 0 Å². The molecule has 6 heteroatoms. The van der Waals surface area contributed by atoms with Crippen LogP contribution in [0.3, 0.4) is 0 Å². The molecule has 0 spiro atoms. The number of anilines is 2. The molecule has 0 saturated heterocycles. The molecule has 2 rings (SSSR count). The van der Waals surface area contributed by atoms with E-state index in [-0.39, 0.29) is 11.5 Å². The zero-order chi connectivity index (χ0) is 15.6. The number of rotatable bonds is 3. The average Bonchev–Trinajstić information content (AvgIpc) is 2.40. The number of nitrogen functional groups attached to an aromatic ring is 1. The number of hydrogen-bond donors (Lipinski definition) is 3. The van der Waals surface area contributed by atoms with Crippen LogP contribution in [0, 0.1) is 6.92 Å². The van der Waals surface area contributed by atoms with Crippen LogP contribution in [0.2, 0.25) is 0 Å². The molecule has 0 bridgehead atoms. The highest BCUT2D eigenvalue weighted by Gasteiger charge is 2.14. The van der Waals surface area contributed by atoms with Gasteiger partial charge in [0, 0.05) is 15.8 Å². The summed E-state index contributed by atoms with van der Waals surface area (Å²) in [7, 11) is 0. The summed E-state index contributed by atoms with van der Waals surface area (Å²) in [6.07, 6.45) is 0. The Hall–Kier alpha value is -2.34. The third-order valence-electron chi connectivity index (χ3n) is 3.07. The van der Waals surface area contributed by atoms with Gasteiger partial charge in [-0.05, 0) is 42.8 Å². The van der Waals surface area contributed by atoms with Crippen molar-refractivity contribution in [1.29, 1.82) is 0 Å². The van der Waals surface area contributed by atoms with Gasteiger partial charge in [0.15, 0.2) is 0 Å². The molecule has 0 saturated carbocycles. The quantitative estimate of drug-likeness (QED) is 0.742. The van der Waals surface area contributed by atoms with Crippen LogP contribution in [0.25, 0.3) is 0 Å². The molecule has 0 unspecified atom stereocenters. The first-order chi connectivity index (χ1) is 9.90. The van der Waals surface area contributed by atoms with Gasteiger partial charge in [-0.2, -0.15) is 0 Å². The molecule has 0 radical (unpaired) electrons. The van der Waals surface area contributed by atoms with Gasteiger partial charge >= 0.3 is 5.97 Å². The number of hydrogen-bond acceptors (Lipinski definition) is 3. The second-order valence-electron chi connectivity index (χ2n) is 4.47. The predicted octanol–water partition coefficient (Wildman–Crippen LogP) is 3.29. The van der Waals surface area contributed by atoms with Crippen LogP contribution in [0.15, 0.2) is 40.9 Å². The molecular weight excluding hydrogens is 336 g/mol. The standard InChI is InChI=1S/C15H13BrN2O3/c1-8-10(15(20)21)3-2-4-13(8)18-14(19)11-6-5-9(16)7-12(11)17/h2-7H,17H2,1H3,(H,18,19)(H,20,21). The monoisotopic (exact) mass is 348 g/mol. The number of amides is 1. The number of carbonyl (C=O) groups excluding carboxylic acids is 1. The topological polar surface area (TPSA) is 92.4 Å². The van der Waals surface area contributed by atoms with Gasteiger partial charge in [0.1, 0.15) is 0 Å². The highest BCUT2D eigenvalue weighted by Crippen LogP contribution is 2.22. The number of carboxylic acids is 1. The van der Waals surface area contributed by atoms with E-state index >= 15 is 0 Å². The first kappa shape index (κ1) is 15.1. The maximum absolute atomic E-state index is 12.2. The van der Waals surface area contributed by atoms with Gasteiger partial charge in [0.05, 0.1) is 11.1 Å². The van der Waals surface area contributed by atoms with Crippen molar-refractivity contribution >= 4 is 39.2 Å². The molecule has 1 amide bonds. The number of halogens is 1. The first-order valence-corrected chi connectivity index (χ1v) is 6.88. The predicted molar refractivity (Wildman–Crippen MR) is 84.6 cm³/mol. The molecule has 5 nitrogen and oxygen atoms in total. The van der Waals surface area contributed by atoms with E-state index in [0.29, 0.717) is 22.5 Å². The third kappa shape index (κ3) is 3.22. The Kier molecular flexibility index (Phi) is 4.28. The maximum atomic E-state index is 12.2. The van der Waals surface area contributed by atoms with Gasteiger partial charge in [-0.15, -0.1) is 0 Å². The van der Waals surface area contributed by atoms with Crippen LogP contribution in [-0.2, 0) is 0 Å². The second kappa shape index (κ2) is 5.97. The minimum absolute atomic E-state index is 0.150. The zero-order valence-electron chi connectivity index (χ0n) is 11.2. The van der Waals surface area contributed by atoms with Crippen molar-refractivity contribution in [3.63, 3.8) is 0 Å². The van der Waals surface area contributed by atoms with Gasteiger partial charge in [-0.3, -0.25) is 4.79 Å². The fourth-order valence-corrected chi connectivity index (χ4v) is 2.31. The lowest BCUT2D eigenvalue weighted by molar-refractivity contribution is 0.0695. The highest BCUT2D eigenvalue weighted by atomic mass is 79.9. The third-order valence-corrected chi connectivity index (χ3v) is 3.56. The number of aromatic carboxylic acids is 1. The summed E-state index contributed by atoms with van der Waals surface area (Å²) in [6.45, 7) is 1.64. The molecule has 0 heterocycles. The van der Waals surface area contributed by atoms with Crippen molar-refractivity contribution in [3.05, 3.63) is 57.6 Å². The fourth-order valence-electron chi connectivity index (χ4n) is 1.93. The summed E-state index contributed by atoms with van der Waals surface area (Å²) in [6, 6.07) is 9.67. The van der Waals surface area contributed by atoms with E-state index in [1.165, 1.54) is 6.07 Å². The number of nitrogens with one attached hydrogen (secondary N) is 1. The highest BCUT2D eigenvalue weighted by molar-refractivity contribution is 9.10. The Morgan fingerprint density at radius 2 is 1.90 bits per heavy atom. The maximum Gasteiger partial charge on any atom is 0.336 e. The lowest BCUT2D eigenvalue weighted by Gasteiger charge is -2.11. The van der Waals surface area contributed by atoms with Gasteiger partial charge in [0.25, 0.3) is 5.91 Å². The van der Waals surface area contributed by atoms with Gasteiger partial charge in [-0.1, -0.05) is 22.0 Å². The molecule has 2 aromatic rings. The summed E-state index contributed by atoms with van der Waals surface area (Å²) in [5.74, 6) is -1.42. The summed E-state index contributed by atoms with van der Waals surface area (Å²) < 4.78 is 0.778. The van der Waals surface area contributed by atoms with Gasteiger partial charge in [-0.25, -0.2) is 4.79 Å². The summed E-state index contributed by atoms with van der Waals surface area (Å²) in [5.41, 5.74) is 7.57. The van der Waals surface area contributed by atoms with Crippen molar-refractivity contribution in [2.45, 2.75) is 6.92 Å². The number of carboxylic acid groups (broad SMARTS) is 1. The Bertz CT molecular complexity index is 729. The van der Waals surface area contributed by atoms with Crippen molar-refractivity contribution in [2.75, 3.05) is 11.1 Å². The first-order valence-electron chi connectivity index (χ1n) is 6.09. The Morgan fingerprint density at radius 1 is 1.19 bits per heavy atom. The minimum atomic E-state index is -1.04. The van der Waals surface area contributed by atoms with E-state index in [0.717, 1.165) is 4.47 Å². The molecule has 0 aliphatic rings. The van der Waals surface area contributed by atoms with E-state index in [1.54, 1.807) is 37.3 Å². The molecule has 0 aliphatic carbocycles. The smallest absolute Gasteiger partial charge is 0.336 e. The second-order valence-corrected chi connectivity index (χ2v) is 5.38. The molecule has 2 aromatic carbocycles. The molecule has 0 atom stereocenters. The van der Waals surface area contributed by atoms with E-state index in [1.807, 2.05) is 0 Å². The van der Waals surface area contributed by atoms with E-state index < -0.39 is 5.97 Å². The Labute approximate surface area is 129 Å². The molecule has 0 fully saturated rings. The fraction of sp³-hybridized carbons (Fsp3) is 0.0667. The van der Waals surface area contributed by atoms with E-state index in [2.05, 4.69) is 21.2 Å². The van der Waals surface area contributed by atoms with Crippen molar-refractivity contribution in [3.8, 4) is 0 Å². The molecule has 21 heavy (non-hydrogen) atoms. The van der Waals surface area contributed by atoms with Crippen molar-refractivity contribution in [2.24, 2.45) is 0 Å². The van der Waals surface area contributed by atoms with Crippen LogP contribution in [0.4, 0.5) is 11.4 Å². The van der Waals surface area contributed by atoms with Crippen LogP contribution in [0.1, 0.15) is 26.3 Å². The van der Waals surface area contributed by atoms with Crippen molar-refractivity contribution in [1.82, 2.24) is 0 Å². The molecule has 108 valence electrons. The molecule has 4 N–H and O–H groups in total. The number of nitrogens with two attached hydrogens (primary N) is 1. The molecule has 0 aliphatic heterocycles. The number of carbonyl (C=O) groups is 2. The molecule has 0 aromatic heterocycles. The van der Waals surface area contributed by atoms with Gasteiger partial charge in [0.2, 0.25) is 0 Å². The summed E-state index contributed by atoms with van der Waals surface area (Å²) in [4.78, 5) is 23.3.